The van der Waals surface area contributed by atoms with E-state index in [4.69, 9.17) is 5.11 Å². The van der Waals surface area contributed by atoms with E-state index in [1.807, 2.05) is 6.92 Å². The van der Waals surface area contributed by atoms with Gasteiger partial charge in [0, 0.05) is 12.6 Å². The van der Waals surface area contributed by atoms with Crippen LogP contribution in [0.2, 0.25) is 0 Å². The Balaban J connectivity index is 2.87. The SMILES string of the molecule is C=C(C)CS(=O)(=O)N1CC(C(=O)O)CCC1C. The largest absolute Gasteiger partial charge is 0.481 e. The van der Waals surface area contributed by atoms with Crippen molar-refractivity contribution < 1.29 is 18.3 Å². The van der Waals surface area contributed by atoms with Gasteiger partial charge in [0.25, 0.3) is 0 Å². The molecule has 1 saturated heterocycles. The van der Waals surface area contributed by atoms with Crippen LogP contribution in [0.1, 0.15) is 26.7 Å². The molecule has 1 rings (SSSR count). The van der Waals surface area contributed by atoms with Crippen LogP contribution in [0, 0.1) is 5.92 Å². The van der Waals surface area contributed by atoms with E-state index in [0.29, 0.717) is 18.4 Å². The molecule has 1 N–H and O–H groups in total. The number of rotatable bonds is 4. The molecule has 0 aromatic rings. The maximum absolute atomic E-state index is 12.0. The van der Waals surface area contributed by atoms with Gasteiger partial charge < -0.3 is 5.11 Å². The van der Waals surface area contributed by atoms with Crippen molar-refractivity contribution in [2.45, 2.75) is 32.7 Å². The van der Waals surface area contributed by atoms with Crippen LogP contribution in [0.15, 0.2) is 12.2 Å². The Morgan fingerprint density at radius 2 is 2.06 bits per heavy atom. The fraction of sp³-hybridized carbons (Fsp3) is 0.727. The third-order valence-corrected chi connectivity index (χ3v) is 5.04. The summed E-state index contributed by atoms with van der Waals surface area (Å²) >= 11 is 0. The zero-order valence-electron chi connectivity index (χ0n) is 10.2. The van der Waals surface area contributed by atoms with Gasteiger partial charge in [-0.15, -0.1) is 0 Å². The predicted molar refractivity (Wildman–Crippen MR) is 65.1 cm³/mol. The number of nitrogens with zero attached hydrogens (tertiary/aromatic N) is 1. The molecule has 17 heavy (non-hydrogen) atoms. The van der Waals surface area contributed by atoms with Gasteiger partial charge in [0.15, 0.2) is 0 Å². The number of piperidine rings is 1. The first kappa shape index (κ1) is 14.2. The minimum atomic E-state index is -3.43. The Morgan fingerprint density at radius 3 is 2.53 bits per heavy atom. The van der Waals surface area contributed by atoms with E-state index in [-0.39, 0.29) is 18.3 Å². The Hall–Kier alpha value is -0.880. The summed E-state index contributed by atoms with van der Waals surface area (Å²) in [6.45, 7) is 7.13. The van der Waals surface area contributed by atoms with Crippen LogP contribution in [-0.4, -0.2) is 42.1 Å². The molecule has 0 radical (unpaired) electrons. The Bertz CT molecular complexity index is 415. The van der Waals surface area contributed by atoms with E-state index in [9.17, 15) is 13.2 Å². The van der Waals surface area contributed by atoms with E-state index < -0.39 is 21.9 Å². The zero-order valence-corrected chi connectivity index (χ0v) is 11.0. The van der Waals surface area contributed by atoms with Gasteiger partial charge in [-0.3, -0.25) is 4.79 Å². The molecule has 0 aliphatic carbocycles. The van der Waals surface area contributed by atoms with Crippen LogP contribution in [0.3, 0.4) is 0 Å². The van der Waals surface area contributed by atoms with Crippen molar-refractivity contribution in [3.05, 3.63) is 12.2 Å². The average molecular weight is 261 g/mol. The summed E-state index contributed by atoms with van der Waals surface area (Å²) in [5.41, 5.74) is 0.564. The molecule has 0 amide bonds. The number of aliphatic carboxylic acids is 1. The minimum Gasteiger partial charge on any atom is -0.481 e. The highest BCUT2D eigenvalue weighted by Crippen LogP contribution is 2.25. The van der Waals surface area contributed by atoms with Gasteiger partial charge in [-0.25, -0.2) is 8.42 Å². The third kappa shape index (κ3) is 3.54. The maximum atomic E-state index is 12.0. The van der Waals surface area contributed by atoms with Crippen LogP contribution in [-0.2, 0) is 14.8 Å². The highest BCUT2D eigenvalue weighted by Gasteiger charge is 2.36. The van der Waals surface area contributed by atoms with Crippen LogP contribution < -0.4 is 0 Å². The van der Waals surface area contributed by atoms with Crippen LogP contribution in [0.25, 0.3) is 0 Å². The van der Waals surface area contributed by atoms with Gasteiger partial charge in [-0.2, -0.15) is 4.31 Å². The molecule has 5 nitrogen and oxygen atoms in total. The van der Waals surface area contributed by atoms with Crippen LogP contribution in [0.5, 0.6) is 0 Å². The van der Waals surface area contributed by atoms with Crippen molar-refractivity contribution in [2.24, 2.45) is 5.92 Å². The Morgan fingerprint density at radius 1 is 1.47 bits per heavy atom. The molecular formula is C11H19NO4S. The highest BCUT2D eigenvalue weighted by molar-refractivity contribution is 7.89. The summed E-state index contributed by atoms with van der Waals surface area (Å²) < 4.78 is 25.4. The number of hydrogen-bond donors (Lipinski definition) is 1. The first-order valence-corrected chi connectivity index (χ1v) is 7.21. The van der Waals surface area contributed by atoms with E-state index in [1.54, 1.807) is 6.92 Å². The second-order valence-corrected chi connectivity index (χ2v) is 6.67. The number of carboxylic acid groups (broad SMARTS) is 1. The second-order valence-electron chi connectivity index (χ2n) is 4.74. The fourth-order valence-corrected chi connectivity index (χ4v) is 3.91. The van der Waals surface area contributed by atoms with Crippen molar-refractivity contribution in [1.82, 2.24) is 4.31 Å². The lowest BCUT2D eigenvalue weighted by atomic mass is 9.96. The van der Waals surface area contributed by atoms with E-state index in [0.717, 1.165) is 0 Å². The monoisotopic (exact) mass is 261 g/mol. The smallest absolute Gasteiger partial charge is 0.307 e. The molecule has 1 heterocycles. The standard InChI is InChI=1S/C11H19NO4S/c1-8(2)7-17(15,16)12-6-10(11(13)14)5-4-9(12)3/h9-10H,1,4-7H2,2-3H3,(H,13,14). The van der Waals surface area contributed by atoms with Crippen molar-refractivity contribution in [1.29, 1.82) is 0 Å². The lowest BCUT2D eigenvalue weighted by molar-refractivity contribution is -0.143. The summed E-state index contributed by atoms with van der Waals surface area (Å²) in [7, 11) is -3.43. The summed E-state index contributed by atoms with van der Waals surface area (Å²) in [5.74, 6) is -1.62. The molecule has 1 aliphatic heterocycles. The maximum Gasteiger partial charge on any atom is 0.307 e. The predicted octanol–water partition coefficient (Wildman–Crippen LogP) is 1.08. The summed E-state index contributed by atoms with van der Waals surface area (Å²) in [6, 6.07) is -0.130. The topological polar surface area (TPSA) is 74.7 Å². The first-order valence-electron chi connectivity index (χ1n) is 5.60. The quantitative estimate of drug-likeness (QED) is 0.768. The van der Waals surface area contributed by atoms with Gasteiger partial charge in [-0.05, 0) is 26.7 Å². The summed E-state index contributed by atoms with van der Waals surface area (Å²) in [4.78, 5) is 10.9. The fourth-order valence-electron chi connectivity index (χ4n) is 2.06. The van der Waals surface area contributed by atoms with Crippen LogP contribution in [0.4, 0.5) is 0 Å². The normalized spacial score (nSPS) is 26.7. The number of hydrogen-bond acceptors (Lipinski definition) is 3. The molecule has 1 fully saturated rings. The third-order valence-electron chi connectivity index (χ3n) is 2.96. The van der Waals surface area contributed by atoms with Crippen LogP contribution >= 0.6 is 0 Å². The van der Waals surface area contributed by atoms with E-state index in [1.165, 1.54) is 4.31 Å². The second kappa shape index (κ2) is 5.18. The average Bonchev–Trinajstić information content (AvgIpc) is 2.15. The molecule has 2 atom stereocenters. The molecule has 0 spiro atoms. The van der Waals surface area contributed by atoms with Crippen molar-refractivity contribution in [3.8, 4) is 0 Å². The van der Waals surface area contributed by atoms with Gasteiger partial charge in [0.2, 0.25) is 10.0 Å². The molecule has 1 aliphatic rings. The van der Waals surface area contributed by atoms with Gasteiger partial charge in [0.05, 0.1) is 11.7 Å². The molecule has 98 valence electrons. The van der Waals surface area contributed by atoms with Gasteiger partial charge in [-0.1, -0.05) is 12.2 Å². The lowest BCUT2D eigenvalue weighted by Gasteiger charge is -2.35. The van der Waals surface area contributed by atoms with Crippen molar-refractivity contribution in [2.75, 3.05) is 12.3 Å². The van der Waals surface area contributed by atoms with Crippen molar-refractivity contribution >= 4 is 16.0 Å². The minimum absolute atomic E-state index is 0.0755. The van der Waals surface area contributed by atoms with Gasteiger partial charge >= 0.3 is 5.97 Å². The zero-order chi connectivity index (χ0) is 13.2. The molecule has 0 aromatic carbocycles. The summed E-state index contributed by atoms with van der Waals surface area (Å²) in [5, 5.41) is 8.95. The number of sulfonamides is 1. The van der Waals surface area contributed by atoms with E-state index in [2.05, 4.69) is 6.58 Å². The number of carbonyl (C=O) groups is 1. The highest BCUT2D eigenvalue weighted by atomic mass is 32.2. The molecule has 0 saturated carbocycles. The molecule has 0 aromatic heterocycles. The Kier molecular flexibility index (Phi) is 4.32. The molecule has 0 bridgehead atoms. The summed E-state index contributed by atoms with van der Waals surface area (Å²) in [6.07, 6.45) is 1.13. The molecule has 6 heteroatoms. The van der Waals surface area contributed by atoms with E-state index >= 15 is 0 Å². The number of carboxylic acids is 1. The first-order chi connectivity index (χ1) is 7.74. The molecular weight excluding hydrogens is 242 g/mol. The Labute approximate surface area is 102 Å². The molecule has 2 unspecified atom stereocenters. The van der Waals surface area contributed by atoms with Gasteiger partial charge in [0.1, 0.15) is 0 Å². The lowest BCUT2D eigenvalue weighted by Crippen LogP contribution is -2.48. The van der Waals surface area contributed by atoms with Crippen molar-refractivity contribution in [3.63, 3.8) is 0 Å².